The third kappa shape index (κ3) is 4.15. The van der Waals surface area contributed by atoms with E-state index in [1.165, 1.54) is 11.3 Å². The van der Waals surface area contributed by atoms with E-state index in [0.717, 1.165) is 0 Å². The Morgan fingerprint density at radius 2 is 1.57 bits per heavy atom. The summed E-state index contributed by atoms with van der Waals surface area (Å²) in [5.74, 6) is 1.30. The minimum atomic E-state index is -0.381. The highest BCUT2D eigenvalue weighted by Crippen LogP contribution is 2.20. The van der Waals surface area contributed by atoms with Gasteiger partial charge < -0.3 is 23.7 Å². The second kappa shape index (κ2) is 8.40. The number of nitrogens with zero attached hydrogens (tertiary/aromatic N) is 6. The second-order valence-electron chi connectivity index (χ2n) is 6.41. The van der Waals surface area contributed by atoms with Crippen molar-refractivity contribution < 1.29 is 18.7 Å². The molecule has 11 heteroatoms. The minimum Gasteiger partial charge on any atom is -0.459 e. The van der Waals surface area contributed by atoms with E-state index in [9.17, 15) is 4.79 Å². The predicted octanol–water partition coefficient (Wildman–Crippen LogP) is -0.0810. The molecule has 2 aliphatic rings. The molecule has 150 valence electrons. The smallest absolute Gasteiger partial charge is 0.305 e. The number of carbonyl (C=O) groups is 1. The largest absolute Gasteiger partial charge is 0.459 e. The predicted molar refractivity (Wildman–Crippen MR) is 100 cm³/mol. The number of anilines is 3. The zero-order valence-electron chi connectivity index (χ0n) is 15.7. The van der Waals surface area contributed by atoms with Gasteiger partial charge in [-0.15, -0.1) is 0 Å². The quantitative estimate of drug-likeness (QED) is 0.697. The number of aromatic nitrogens is 3. The molecule has 2 aromatic rings. The lowest BCUT2D eigenvalue weighted by Crippen LogP contribution is -2.43. The molecule has 1 amide bonds. The number of hydrogen-bond acceptors (Lipinski definition) is 10. The molecule has 0 atom stereocenters. The van der Waals surface area contributed by atoms with E-state index in [-0.39, 0.29) is 11.7 Å². The Morgan fingerprint density at radius 3 is 2.07 bits per heavy atom. The number of amides is 1. The van der Waals surface area contributed by atoms with Crippen molar-refractivity contribution in [2.45, 2.75) is 0 Å². The van der Waals surface area contributed by atoms with Crippen LogP contribution >= 0.6 is 0 Å². The molecule has 0 spiro atoms. The van der Waals surface area contributed by atoms with Crippen molar-refractivity contribution in [3.63, 3.8) is 0 Å². The zero-order valence-corrected chi connectivity index (χ0v) is 15.7. The van der Waals surface area contributed by atoms with Crippen LogP contribution in [0.15, 0.2) is 22.8 Å². The first-order chi connectivity index (χ1) is 13.7. The van der Waals surface area contributed by atoms with Crippen LogP contribution in [0, 0.1) is 0 Å². The molecule has 1 N–H and O–H groups in total. The molecule has 2 aromatic heterocycles. The Hall–Kier alpha value is -2.92. The number of rotatable bonds is 5. The van der Waals surface area contributed by atoms with E-state index in [1.807, 2.05) is 0 Å². The van der Waals surface area contributed by atoms with Gasteiger partial charge in [-0.2, -0.15) is 15.0 Å². The number of morpholine rings is 2. The van der Waals surface area contributed by atoms with Crippen molar-refractivity contribution in [2.75, 3.05) is 74.5 Å². The van der Waals surface area contributed by atoms with Crippen molar-refractivity contribution in [1.82, 2.24) is 20.4 Å². The molecule has 2 fully saturated rings. The second-order valence-corrected chi connectivity index (χ2v) is 6.41. The highest BCUT2D eigenvalue weighted by atomic mass is 16.5. The highest BCUT2D eigenvalue weighted by molar-refractivity contribution is 5.92. The molecule has 11 nitrogen and oxygen atoms in total. The van der Waals surface area contributed by atoms with Crippen LogP contribution in [0.25, 0.3) is 0 Å². The lowest BCUT2D eigenvalue weighted by Gasteiger charge is -2.31. The van der Waals surface area contributed by atoms with Crippen LogP contribution in [0.1, 0.15) is 10.6 Å². The van der Waals surface area contributed by atoms with E-state index in [0.29, 0.717) is 70.5 Å². The molecule has 4 rings (SSSR count). The Labute approximate surface area is 162 Å². The van der Waals surface area contributed by atoms with Gasteiger partial charge in [-0.1, -0.05) is 0 Å². The molecular weight excluding hydrogens is 366 g/mol. The van der Waals surface area contributed by atoms with Gasteiger partial charge in [0.25, 0.3) is 5.95 Å². The standard InChI is InChI=1S/C17H23N7O4/c1-22(21-14(25)13-3-2-8-28-13)15-18-16(23-4-9-26-10-5-23)20-17(19-15)24-6-11-27-12-7-24/h2-3,8H,4-7,9-12H2,1H3,(H,21,25). The first kappa shape index (κ1) is 18.4. The van der Waals surface area contributed by atoms with Crippen molar-refractivity contribution >= 4 is 23.8 Å². The van der Waals surface area contributed by atoms with E-state index < -0.39 is 0 Å². The molecular formula is C17H23N7O4. The summed E-state index contributed by atoms with van der Waals surface area (Å²) in [6, 6.07) is 3.25. The van der Waals surface area contributed by atoms with Gasteiger partial charge in [0.05, 0.1) is 32.7 Å². The van der Waals surface area contributed by atoms with Gasteiger partial charge >= 0.3 is 5.91 Å². The lowest BCUT2D eigenvalue weighted by molar-refractivity contribution is 0.0923. The fourth-order valence-electron chi connectivity index (χ4n) is 2.97. The summed E-state index contributed by atoms with van der Waals surface area (Å²) in [5.41, 5.74) is 2.72. The SMILES string of the molecule is CN(NC(=O)c1ccco1)c1nc(N2CCOCC2)nc(N2CCOCC2)n1. The summed E-state index contributed by atoms with van der Waals surface area (Å²) in [5, 5.41) is 1.47. The van der Waals surface area contributed by atoms with Gasteiger partial charge in [-0.3, -0.25) is 15.2 Å². The first-order valence-electron chi connectivity index (χ1n) is 9.20. The Kier molecular flexibility index (Phi) is 5.53. The maximum Gasteiger partial charge on any atom is 0.305 e. The molecule has 0 radical (unpaired) electrons. The van der Waals surface area contributed by atoms with Crippen LogP contribution in [-0.4, -0.2) is 80.5 Å². The molecule has 0 unspecified atom stereocenters. The molecule has 28 heavy (non-hydrogen) atoms. The van der Waals surface area contributed by atoms with Crippen LogP contribution in [0.2, 0.25) is 0 Å². The summed E-state index contributed by atoms with van der Waals surface area (Å²) in [6.07, 6.45) is 1.45. The van der Waals surface area contributed by atoms with Crippen LogP contribution in [0.5, 0.6) is 0 Å². The maximum atomic E-state index is 12.3. The monoisotopic (exact) mass is 389 g/mol. The summed E-state index contributed by atoms with van der Waals surface area (Å²) in [7, 11) is 1.68. The molecule has 0 aliphatic carbocycles. The van der Waals surface area contributed by atoms with Gasteiger partial charge in [0.2, 0.25) is 11.9 Å². The van der Waals surface area contributed by atoms with Crippen molar-refractivity contribution in [2.24, 2.45) is 0 Å². The summed E-state index contributed by atoms with van der Waals surface area (Å²) >= 11 is 0. The van der Waals surface area contributed by atoms with E-state index in [1.54, 1.807) is 19.2 Å². The van der Waals surface area contributed by atoms with Gasteiger partial charge in [0, 0.05) is 33.2 Å². The van der Waals surface area contributed by atoms with E-state index >= 15 is 0 Å². The summed E-state index contributed by atoms with van der Waals surface area (Å²) in [4.78, 5) is 30.2. The number of furan rings is 1. The Balaban J connectivity index is 1.59. The number of nitrogens with one attached hydrogen (secondary N) is 1. The van der Waals surface area contributed by atoms with Crippen LogP contribution in [0.3, 0.4) is 0 Å². The van der Waals surface area contributed by atoms with E-state index in [2.05, 4.69) is 30.2 Å². The molecule has 0 bridgehead atoms. The molecule has 2 saturated heterocycles. The number of hydrogen-bond donors (Lipinski definition) is 1. The lowest BCUT2D eigenvalue weighted by atomic mass is 10.4. The van der Waals surface area contributed by atoms with Gasteiger partial charge in [-0.05, 0) is 12.1 Å². The molecule has 0 aromatic carbocycles. The number of carbonyl (C=O) groups excluding carboxylic acids is 1. The van der Waals surface area contributed by atoms with Crippen molar-refractivity contribution in [1.29, 1.82) is 0 Å². The van der Waals surface area contributed by atoms with Gasteiger partial charge in [-0.25, -0.2) is 0 Å². The number of hydrazine groups is 1. The third-order valence-electron chi connectivity index (χ3n) is 4.50. The van der Waals surface area contributed by atoms with Crippen LogP contribution in [-0.2, 0) is 9.47 Å². The Bertz CT molecular complexity index is 753. The van der Waals surface area contributed by atoms with Gasteiger partial charge in [0.1, 0.15) is 0 Å². The average molecular weight is 389 g/mol. The highest BCUT2D eigenvalue weighted by Gasteiger charge is 2.22. The Morgan fingerprint density at radius 1 is 1.00 bits per heavy atom. The van der Waals surface area contributed by atoms with Crippen molar-refractivity contribution in [3.05, 3.63) is 24.2 Å². The summed E-state index contributed by atoms with van der Waals surface area (Å²) < 4.78 is 16.0. The topological polar surface area (TPSA) is 109 Å². The fraction of sp³-hybridized carbons (Fsp3) is 0.529. The van der Waals surface area contributed by atoms with E-state index in [4.69, 9.17) is 13.9 Å². The molecule has 2 aliphatic heterocycles. The number of ether oxygens (including phenoxy) is 2. The summed E-state index contributed by atoms with van der Waals surface area (Å²) in [6.45, 7) is 5.31. The molecule has 0 saturated carbocycles. The molecule has 4 heterocycles. The zero-order chi connectivity index (χ0) is 19.3. The van der Waals surface area contributed by atoms with Crippen LogP contribution in [0.4, 0.5) is 17.8 Å². The third-order valence-corrected chi connectivity index (χ3v) is 4.50. The minimum absolute atomic E-state index is 0.211. The normalized spacial score (nSPS) is 17.5. The maximum absolute atomic E-state index is 12.3. The van der Waals surface area contributed by atoms with Crippen molar-refractivity contribution in [3.8, 4) is 0 Å². The van der Waals surface area contributed by atoms with Gasteiger partial charge in [0.15, 0.2) is 5.76 Å². The average Bonchev–Trinajstić information content (AvgIpc) is 3.30. The van der Waals surface area contributed by atoms with Crippen LogP contribution < -0.4 is 20.2 Å². The fourth-order valence-corrected chi connectivity index (χ4v) is 2.97. The first-order valence-corrected chi connectivity index (χ1v) is 9.20.